The van der Waals surface area contributed by atoms with Crippen molar-refractivity contribution in [1.82, 2.24) is 0 Å². The zero-order valence-corrected chi connectivity index (χ0v) is 21.1. The first-order chi connectivity index (χ1) is 17.5. The van der Waals surface area contributed by atoms with E-state index in [-0.39, 0.29) is 11.5 Å². The van der Waals surface area contributed by atoms with E-state index in [2.05, 4.69) is 9.98 Å². The lowest BCUT2D eigenvalue weighted by Gasteiger charge is -2.06. The number of benzene rings is 2. The van der Waals surface area contributed by atoms with Gasteiger partial charge in [0.25, 0.3) is 0 Å². The summed E-state index contributed by atoms with van der Waals surface area (Å²) in [5, 5.41) is 20.1. The lowest BCUT2D eigenvalue weighted by atomic mass is 10.1. The Labute approximate surface area is 212 Å². The van der Waals surface area contributed by atoms with Crippen LogP contribution in [0.2, 0.25) is 0 Å². The molecular weight excluding hydrogens is 460 g/mol. The quantitative estimate of drug-likeness (QED) is 0.195. The molecule has 0 radical (unpaired) electrons. The molecule has 0 atom stereocenters. The monoisotopic (exact) mass is 496 g/mol. The highest BCUT2D eigenvalue weighted by Crippen LogP contribution is 2.19. The number of nitrogens with zero attached hydrogens (tertiary/aromatic N) is 2. The molecule has 0 saturated heterocycles. The Morgan fingerprint density at radius 3 is 1.53 bits per heavy atom. The predicted octanol–water partition coefficient (Wildman–Crippen LogP) is 5.33. The van der Waals surface area contributed by atoms with Gasteiger partial charge in [-0.2, -0.15) is 0 Å². The van der Waals surface area contributed by atoms with Gasteiger partial charge in [0, 0.05) is 36.6 Å². The van der Waals surface area contributed by atoms with Crippen molar-refractivity contribution in [3.8, 4) is 11.5 Å². The number of phenolic OH excluding ortho intramolecular Hbond substituents is 2. The van der Waals surface area contributed by atoms with Crippen LogP contribution in [0.4, 0.5) is 0 Å². The summed E-state index contributed by atoms with van der Waals surface area (Å²) in [7, 11) is 0. The van der Waals surface area contributed by atoms with Crippen LogP contribution >= 0.6 is 0 Å². The lowest BCUT2D eigenvalue weighted by Crippen LogP contribution is -2.06. The molecule has 0 fully saturated rings. The van der Waals surface area contributed by atoms with Crippen molar-refractivity contribution in [2.45, 2.75) is 52.4 Å². The first-order valence-corrected chi connectivity index (χ1v) is 12.5. The van der Waals surface area contributed by atoms with Crippen LogP contribution in [0.3, 0.4) is 0 Å². The van der Waals surface area contributed by atoms with Crippen LogP contribution in [0.5, 0.6) is 11.5 Å². The summed E-state index contributed by atoms with van der Waals surface area (Å²) in [5.41, 5.74) is 1.67. The van der Waals surface area contributed by atoms with Gasteiger partial charge in [0.2, 0.25) is 0 Å². The van der Waals surface area contributed by atoms with Crippen molar-refractivity contribution in [3.05, 3.63) is 58.7 Å². The molecule has 0 saturated carbocycles. The van der Waals surface area contributed by atoms with Gasteiger partial charge in [0.1, 0.15) is 11.5 Å². The topological polar surface area (TPSA) is 118 Å². The summed E-state index contributed by atoms with van der Waals surface area (Å²) < 4.78 is 10.4. The number of rotatable bonds is 15. The molecule has 8 nitrogen and oxygen atoms in total. The molecule has 2 rings (SSSR count). The summed E-state index contributed by atoms with van der Waals surface area (Å²) >= 11 is 0. The normalized spacial score (nSPS) is 11.3. The molecule has 0 amide bonds. The van der Waals surface area contributed by atoms with Gasteiger partial charge in [-0.05, 0) is 62.1 Å². The van der Waals surface area contributed by atoms with Crippen molar-refractivity contribution < 1.29 is 29.3 Å². The van der Waals surface area contributed by atoms with Gasteiger partial charge >= 0.3 is 11.9 Å². The average molecular weight is 497 g/mol. The Bertz CT molecular complexity index is 965. The van der Waals surface area contributed by atoms with Crippen molar-refractivity contribution in [3.63, 3.8) is 0 Å². The molecule has 36 heavy (non-hydrogen) atoms. The number of phenols is 2. The van der Waals surface area contributed by atoms with Gasteiger partial charge < -0.3 is 19.7 Å². The summed E-state index contributed by atoms with van der Waals surface area (Å²) in [6, 6.07) is 9.11. The molecule has 0 aliphatic rings. The number of unbranched alkanes of at least 4 members (excludes halogenated alkanes) is 3. The van der Waals surface area contributed by atoms with E-state index in [1.165, 1.54) is 24.3 Å². The van der Waals surface area contributed by atoms with E-state index in [0.29, 0.717) is 48.6 Å². The minimum atomic E-state index is -0.416. The molecule has 8 heteroatoms. The second-order valence-corrected chi connectivity index (χ2v) is 8.30. The molecule has 0 heterocycles. The van der Waals surface area contributed by atoms with Crippen molar-refractivity contribution in [2.24, 2.45) is 9.98 Å². The zero-order chi connectivity index (χ0) is 26.2. The number of carbonyl (C=O) groups excluding carboxylic acids is 2. The standard InChI is InChI=1S/C28H36N2O6/c1-3-5-15-35-27(33)21-9-11-25(31)23(17-21)19-29-13-7-8-14-30-20-24-18-22(10-12-26(24)32)28(34)36-16-6-4-2/h9-12,17-20,31-32H,3-8,13-16H2,1-2H3. The number of carbonyl (C=O) groups is 2. The van der Waals surface area contributed by atoms with Gasteiger partial charge in [-0.25, -0.2) is 9.59 Å². The average Bonchev–Trinajstić information content (AvgIpc) is 2.87. The van der Waals surface area contributed by atoms with E-state index in [1.54, 1.807) is 24.6 Å². The van der Waals surface area contributed by atoms with Crippen LogP contribution in [0.15, 0.2) is 46.4 Å². The van der Waals surface area contributed by atoms with E-state index in [9.17, 15) is 19.8 Å². The Kier molecular flexibility index (Phi) is 12.8. The van der Waals surface area contributed by atoms with Crippen molar-refractivity contribution in [1.29, 1.82) is 0 Å². The number of hydrogen-bond donors (Lipinski definition) is 2. The van der Waals surface area contributed by atoms with Crippen LogP contribution in [0, 0.1) is 0 Å². The van der Waals surface area contributed by atoms with E-state index in [4.69, 9.17) is 9.47 Å². The van der Waals surface area contributed by atoms with E-state index in [1.807, 2.05) is 13.8 Å². The smallest absolute Gasteiger partial charge is 0.338 e. The fraction of sp³-hybridized carbons (Fsp3) is 0.429. The van der Waals surface area contributed by atoms with Gasteiger partial charge in [-0.3, -0.25) is 9.98 Å². The molecular formula is C28H36N2O6. The molecule has 0 aliphatic carbocycles. The van der Waals surface area contributed by atoms with Gasteiger partial charge in [-0.1, -0.05) is 26.7 Å². The summed E-state index contributed by atoms with van der Waals surface area (Å²) in [5.74, 6) is -0.740. The summed E-state index contributed by atoms with van der Waals surface area (Å²) in [4.78, 5) is 32.8. The largest absolute Gasteiger partial charge is 0.507 e. The third-order valence-electron chi connectivity index (χ3n) is 5.27. The molecule has 2 N–H and O–H groups in total. The van der Waals surface area contributed by atoms with E-state index in [0.717, 1.165) is 38.5 Å². The Morgan fingerprint density at radius 1 is 0.722 bits per heavy atom. The van der Waals surface area contributed by atoms with Crippen LogP contribution in [-0.2, 0) is 9.47 Å². The molecule has 194 valence electrons. The van der Waals surface area contributed by atoms with Gasteiger partial charge in [0.05, 0.1) is 24.3 Å². The van der Waals surface area contributed by atoms with Gasteiger partial charge in [0.15, 0.2) is 0 Å². The fourth-order valence-corrected chi connectivity index (χ4v) is 3.09. The van der Waals surface area contributed by atoms with E-state index < -0.39 is 11.9 Å². The number of aliphatic imine (C=N–C) groups is 2. The molecule has 2 aromatic carbocycles. The van der Waals surface area contributed by atoms with Crippen LogP contribution in [0.25, 0.3) is 0 Å². The number of esters is 2. The number of aromatic hydroxyl groups is 2. The van der Waals surface area contributed by atoms with Gasteiger partial charge in [-0.15, -0.1) is 0 Å². The molecule has 0 aromatic heterocycles. The second kappa shape index (κ2) is 16.1. The molecule has 0 aliphatic heterocycles. The maximum atomic E-state index is 12.1. The highest BCUT2D eigenvalue weighted by Gasteiger charge is 2.10. The maximum Gasteiger partial charge on any atom is 0.338 e. The van der Waals surface area contributed by atoms with Crippen LogP contribution in [0.1, 0.15) is 84.2 Å². The van der Waals surface area contributed by atoms with Crippen molar-refractivity contribution in [2.75, 3.05) is 26.3 Å². The Hall–Kier alpha value is -3.68. The summed E-state index contributed by atoms with van der Waals surface area (Å²) in [6.07, 6.45) is 8.13. The predicted molar refractivity (Wildman–Crippen MR) is 141 cm³/mol. The zero-order valence-electron chi connectivity index (χ0n) is 21.1. The Morgan fingerprint density at radius 2 is 1.14 bits per heavy atom. The summed E-state index contributed by atoms with van der Waals surface area (Å²) in [6.45, 7) is 5.86. The third kappa shape index (κ3) is 9.90. The lowest BCUT2D eigenvalue weighted by molar-refractivity contribution is 0.0490. The first kappa shape index (κ1) is 28.6. The second-order valence-electron chi connectivity index (χ2n) is 8.30. The molecule has 0 bridgehead atoms. The minimum absolute atomic E-state index is 0.0461. The highest BCUT2D eigenvalue weighted by atomic mass is 16.5. The molecule has 0 spiro atoms. The minimum Gasteiger partial charge on any atom is -0.507 e. The Balaban J connectivity index is 1.79. The number of ether oxygens (including phenoxy) is 2. The SMILES string of the molecule is CCCCOC(=O)c1ccc(O)c(C=NCCCCN=Cc2cc(C(=O)OCCCC)ccc2O)c1. The number of hydrogen-bond acceptors (Lipinski definition) is 8. The van der Waals surface area contributed by atoms with Crippen LogP contribution in [-0.4, -0.2) is 60.9 Å². The van der Waals surface area contributed by atoms with E-state index >= 15 is 0 Å². The fourth-order valence-electron chi connectivity index (χ4n) is 3.09. The highest BCUT2D eigenvalue weighted by molar-refractivity contribution is 5.94. The van der Waals surface area contributed by atoms with Crippen molar-refractivity contribution >= 4 is 24.4 Å². The third-order valence-corrected chi connectivity index (χ3v) is 5.27. The van der Waals surface area contributed by atoms with Crippen LogP contribution < -0.4 is 0 Å². The first-order valence-electron chi connectivity index (χ1n) is 12.5. The molecule has 0 unspecified atom stereocenters. The molecule has 2 aromatic rings. The maximum absolute atomic E-state index is 12.1.